The Bertz CT molecular complexity index is 1670. The van der Waals surface area contributed by atoms with Crippen LogP contribution in [0.3, 0.4) is 0 Å². The maximum atomic E-state index is 14.1. The third-order valence-electron chi connectivity index (χ3n) is 8.50. The molecule has 11 nitrogen and oxygen atoms in total. The van der Waals surface area contributed by atoms with Crippen molar-refractivity contribution in [3.05, 3.63) is 83.9 Å². The first kappa shape index (κ1) is 31.5. The highest BCUT2D eigenvalue weighted by molar-refractivity contribution is 6.00. The van der Waals surface area contributed by atoms with Gasteiger partial charge in [-0.3, -0.25) is 9.59 Å². The molecule has 4 aromatic rings. The minimum Gasteiger partial charge on any atom is -0.348 e. The van der Waals surface area contributed by atoms with E-state index in [2.05, 4.69) is 37.3 Å². The molecule has 2 atom stereocenters. The number of fused-ring (bicyclic) bond motifs is 1. The van der Waals surface area contributed by atoms with Crippen LogP contribution >= 0.6 is 0 Å². The number of hydrogen-bond donors (Lipinski definition) is 3. The number of aryl methyl sites for hydroxylation is 1. The van der Waals surface area contributed by atoms with Crippen molar-refractivity contribution in [3.63, 3.8) is 0 Å². The lowest BCUT2D eigenvalue weighted by atomic mass is 9.98. The number of H-pyrrole nitrogens is 1. The lowest BCUT2D eigenvalue weighted by molar-refractivity contribution is -0.138. The summed E-state index contributed by atoms with van der Waals surface area (Å²) < 4.78 is 11.6. The third-order valence-corrected chi connectivity index (χ3v) is 8.50. The molecule has 46 heavy (non-hydrogen) atoms. The van der Waals surface area contributed by atoms with Gasteiger partial charge in [0.05, 0.1) is 19.3 Å². The number of benzene rings is 3. The fraction of sp³-hybridized carbons (Fsp3) is 0.400. The lowest BCUT2D eigenvalue weighted by Crippen LogP contribution is -2.51. The average Bonchev–Trinajstić information content (AvgIpc) is 3.68. The summed E-state index contributed by atoms with van der Waals surface area (Å²) in [4.78, 5) is 29.2. The number of carbonyl (C=O) groups is 2. The van der Waals surface area contributed by atoms with Gasteiger partial charge < -0.3 is 25.0 Å². The van der Waals surface area contributed by atoms with Gasteiger partial charge in [0, 0.05) is 29.8 Å². The molecule has 2 aliphatic heterocycles. The summed E-state index contributed by atoms with van der Waals surface area (Å²) in [5.74, 6) is -0.285. The summed E-state index contributed by atoms with van der Waals surface area (Å²) in [7, 11) is 0. The van der Waals surface area contributed by atoms with Crippen molar-refractivity contribution < 1.29 is 19.1 Å². The number of carbonyl (C=O) groups excluding carboxylic acids is 2. The van der Waals surface area contributed by atoms with E-state index in [0.29, 0.717) is 38.4 Å². The molecule has 11 heteroatoms. The second kappa shape index (κ2) is 13.1. The topological polar surface area (TPSA) is 134 Å². The first-order valence-corrected chi connectivity index (χ1v) is 15.7. The largest absolute Gasteiger partial charge is 0.348 e. The quantitative estimate of drug-likeness (QED) is 0.237. The number of amides is 2. The SMILES string of the molecule is CC(C)(CC(=O)N[C@@H]1CCc2ccccc2N(Cc2ccc(-c3ccccc3-c3nnn[nH]3)cc2)C1=O)NC[C@H]1COC(C)(C)O1. The van der Waals surface area contributed by atoms with Crippen molar-refractivity contribution in [2.45, 2.75) is 77.0 Å². The molecule has 2 amide bonds. The van der Waals surface area contributed by atoms with Crippen LogP contribution < -0.4 is 15.5 Å². The smallest absolute Gasteiger partial charge is 0.249 e. The Morgan fingerprint density at radius 1 is 1.04 bits per heavy atom. The Balaban J connectivity index is 1.14. The lowest BCUT2D eigenvalue weighted by Gasteiger charge is -2.29. The zero-order valence-corrected chi connectivity index (χ0v) is 26.7. The summed E-state index contributed by atoms with van der Waals surface area (Å²) in [5.41, 5.74) is 5.35. The van der Waals surface area contributed by atoms with Crippen molar-refractivity contribution in [3.8, 4) is 22.5 Å². The Kier molecular flexibility index (Phi) is 8.99. The predicted octanol–water partition coefficient (Wildman–Crippen LogP) is 4.41. The van der Waals surface area contributed by atoms with E-state index in [4.69, 9.17) is 9.47 Å². The highest BCUT2D eigenvalue weighted by Gasteiger charge is 2.35. The van der Waals surface area contributed by atoms with Crippen LogP contribution in [-0.2, 0) is 32.0 Å². The standard InChI is InChI=1S/C35H41N7O4/c1-34(2,36-20-26-22-45-35(3,4)46-26)19-31(43)37-29-18-17-25-9-5-8-12-30(25)42(33(29)44)21-23-13-15-24(16-14-23)27-10-6-7-11-28(27)32-38-40-41-39-32/h5-16,26,29,36H,17-22H2,1-4H3,(H,37,43)(H,38,39,40,41)/t26-,29+/m0/s1. The van der Waals surface area contributed by atoms with Gasteiger partial charge in [-0.15, -0.1) is 5.10 Å². The van der Waals surface area contributed by atoms with E-state index in [-0.39, 0.29) is 24.3 Å². The maximum absolute atomic E-state index is 14.1. The van der Waals surface area contributed by atoms with Crippen LogP contribution in [0.5, 0.6) is 0 Å². The van der Waals surface area contributed by atoms with Gasteiger partial charge >= 0.3 is 0 Å². The first-order chi connectivity index (χ1) is 22.1. The van der Waals surface area contributed by atoms with Gasteiger partial charge in [0.25, 0.3) is 0 Å². The van der Waals surface area contributed by atoms with Crippen LogP contribution in [0.25, 0.3) is 22.5 Å². The van der Waals surface area contributed by atoms with E-state index < -0.39 is 17.4 Å². The summed E-state index contributed by atoms with van der Waals surface area (Å²) in [6.07, 6.45) is 1.35. The molecule has 240 valence electrons. The van der Waals surface area contributed by atoms with Gasteiger partial charge in [-0.1, -0.05) is 66.7 Å². The van der Waals surface area contributed by atoms with E-state index in [0.717, 1.165) is 33.5 Å². The number of tetrazole rings is 1. The Hall–Kier alpha value is -4.45. The monoisotopic (exact) mass is 623 g/mol. The van der Waals surface area contributed by atoms with E-state index >= 15 is 0 Å². The van der Waals surface area contributed by atoms with E-state index in [1.807, 2.05) is 94.4 Å². The number of anilines is 1. The zero-order chi connectivity index (χ0) is 32.3. The summed E-state index contributed by atoms with van der Waals surface area (Å²) >= 11 is 0. The fourth-order valence-corrected chi connectivity index (χ4v) is 6.16. The summed E-state index contributed by atoms with van der Waals surface area (Å²) in [6.45, 7) is 9.20. The molecule has 1 saturated heterocycles. The van der Waals surface area contributed by atoms with Crippen LogP contribution in [0.15, 0.2) is 72.8 Å². The van der Waals surface area contributed by atoms with E-state index in [1.165, 1.54) is 0 Å². The molecule has 1 fully saturated rings. The van der Waals surface area contributed by atoms with Gasteiger partial charge in [-0.2, -0.15) is 0 Å². The molecule has 3 N–H and O–H groups in total. The van der Waals surface area contributed by atoms with Crippen molar-refractivity contribution in [1.82, 2.24) is 31.3 Å². The highest BCUT2D eigenvalue weighted by Crippen LogP contribution is 2.32. The van der Waals surface area contributed by atoms with Crippen LogP contribution in [0.1, 0.15) is 51.7 Å². The van der Waals surface area contributed by atoms with Crippen LogP contribution in [0.2, 0.25) is 0 Å². The van der Waals surface area contributed by atoms with Crippen LogP contribution in [0, 0.1) is 0 Å². The number of aromatic nitrogens is 4. The zero-order valence-electron chi connectivity index (χ0n) is 26.7. The van der Waals surface area contributed by atoms with Crippen LogP contribution in [0.4, 0.5) is 5.69 Å². The van der Waals surface area contributed by atoms with Gasteiger partial charge in [0.1, 0.15) is 6.04 Å². The molecule has 2 aliphatic rings. The number of aromatic amines is 1. The summed E-state index contributed by atoms with van der Waals surface area (Å²) in [6, 6.07) is 23.4. The number of nitrogens with zero attached hydrogens (tertiary/aromatic N) is 4. The number of rotatable bonds is 10. The molecular weight excluding hydrogens is 582 g/mol. The fourth-order valence-electron chi connectivity index (χ4n) is 6.16. The molecule has 0 aliphatic carbocycles. The van der Waals surface area contributed by atoms with Crippen molar-refractivity contribution in [1.29, 1.82) is 0 Å². The normalized spacial score (nSPS) is 19.5. The van der Waals surface area contributed by atoms with E-state index in [1.54, 1.807) is 4.90 Å². The minimum atomic E-state index is -0.635. The van der Waals surface area contributed by atoms with Crippen molar-refractivity contribution in [2.24, 2.45) is 0 Å². The predicted molar refractivity (Wildman–Crippen MR) is 175 cm³/mol. The second-order valence-electron chi connectivity index (χ2n) is 13.1. The molecule has 1 aromatic heterocycles. The third kappa shape index (κ3) is 7.33. The number of para-hydroxylation sites is 1. The van der Waals surface area contributed by atoms with E-state index in [9.17, 15) is 9.59 Å². The van der Waals surface area contributed by atoms with Gasteiger partial charge in [0.15, 0.2) is 11.6 Å². The van der Waals surface area contributed by atoms with Crippen molar-refractivity contribution in [2.75, 3.05) is 18.1 Å². The Labute approximate surface area is 269 Å². The minimum absolute atomic E-state index is 0.0813. The summed E-state index contributed by atoms with van der Waals surface area (Å²) in [5, 5.41) is 20.9. The Morgan fingerprint density at radius 3 is 2.50 bits per heavy atom. The van der Waals surface area contributed by atoms with Crippen LogP contribution in [-0.4, -0.2) is 69.1 Å². The Morgan fingerprint density at radius 2 is 1.78 bits per heavy atom. The maximum Gasteiger partial charge on any atom is 0.249 e. The number of hydrogen-bond acceptors (Lipinski definition) is 8. The highest BCUT2D eigenvalue weighted by atomic mass is 16.7. The number of nitrogens with one attached hydrogen (secondary N) is 3. The molecule has 0 saturated carbocycles. The van der Waals surface area contributed by atoms with Gasteiger partial charge in [-0.05, 0) is 79.3 Å². The van der Waals surface area contributed by atoms with Gasteiger partial charge in [-0.25, -0.2) is 5.10 Å². The second-order valence-corrected chi connectivity index (χ2v) is 13.1. The average molecular weight is 624 g/mol. The first-order valence-electron chi connectivity index (χ1n) is 15.7. The molecule has 0 radical (unpaired) electrons. The van der Waals surface area contributed by atoms with Gasteiger partial charge in [0.2, 0.25) is 11.8 Å². The molecule has 0 spiro atoms. The number of ether oxygens (including phenoxy) is 2. The van der Waals surface area contributed by atoms with Crippen molar-refractivity contribution >= 4 is 17.5 Å². The molecular formula is C35H41N7O4. The molecule has 3 heterocycles. The molecule has 0 bridgehead atoms. The molecule has 3 aromatic carbocycles. The molecule has 6 rings (SSSR count). The molecule has 0 unspecified atom stereocenters.